The number of amides is 1. The van der Waals surface area contributed by atoms with E-state index in [0.717, 1.165) is 11.5 Å². The Balaban J connectivity index is 1.55. The molecule has 3 aromatic rings. The highest BCUT2D eigenvalue weighted by Gasteiger charge is 2.13. The number of nitrogens with zero attached hydrogens (tertiary/aromatic N) is 1. The second kappa shape index (κ2) is 10.0. The number of nitrogens with one attached hydrogen (secondary N) is 1. The SMILES string of the molecule is COc1ccc2cc(COC(=O)CNC(=O)c3cccc(OC(F)F)c3)c(Cl)nc2c1. The molecule has 7 nitrogen and oxygen atoms in total. The largest absolute Gasteiger partial charge is 0.497 e. The van der Waals surface area contributed by atoms with Crippen molar-refractivity contribution in [3.8, 4) is 11.5 Å². The Kier molecular flexibility index (Phi) is 7.19. The first-order valence-electron chi connectivity index (χ1n) is 8.97. The number of fused-ring (bicyclic) bond motifs is 1. The highest BCUT2D eigenvalue weighted by molar-refractivity contribution is 6.30. The Morgan fingerprint density at radius 1 is 1.13 bits per heavy atom. The maximum Gasteiger partial charge on any atom is 0.387 e. The van der Waals surface area contributed by atoms with E-state index in [-0.39, 0.29) is 23.1 Å². The van der Waals surface area contributed by atoms with Crippen LogP contribution < -0.4 is 14.8 Å². The summed E-state index contributed by atoms with van der Waals surface area (Å²) in [6.07, 6.45) is 0. The van der Waals surface area contributed by atoms with Gasteiger partial charge in [-0.2, -0.15) is 8.78 Å². The number of rotatable bonds is 8. The third kappa shape index (κ3) is 6.02. The summed E-state index contributed by atoms with van der Waals surface area (Å²) in [6.45, 7) is -3.57. The molecule has 3 rings (SSSR count). The number of aromatic nitrogens is 1. The van der Waals surface area contributed by atoms with Crippen molar-refractivity contribution in [2.75, 3.05) is 13.7 Å². The van der Waals surface area contributed by atoms with E-state index >= 15 is 0 Å². The Morgan fingerprint density at radius 2 is 1.94 bits per heavy atom. The summed E-state index contributed by atoms with van der Waals surface area (Å²) in [6, 6.07) is 12.2. The molecule has 31 heavy (non-hydrogen) atoms. The van der Waals surface area contributed by atoms with Crippen LogP contribution in [0.4, 0.5) is 8.78 Å². The number of hydrogen-bond acceptors (Lipinski definition) is 6. The van der Waals surface area contributed by atoms with Gasteiger partial charge < -0.3 is 19.5 Å². The topological polar surface area (TPSA) is 86.8 Å². The normalized spacial score (nSPS) is 10.7. The number of hydrogen-bond donors (Lipinski definition) is 1. The molecule has 0 radical (unpaired) electrons. The second-order valence-electron chi connectivity index (χ2n) is 6.25. The van der Waals surface area contributed by atoms with Crippen molar-refractivity contribution >= 4 is 34.4 Å². The molecule has 0 fully saturated rings. The van der Waals surface area contributed by atoms with E-state index in [9.17, 15) is 18.4 Å². The number of benzene rings is 2. The summed E-state index contributed by atoms with van der Waals surface area (Å²) in [5.74, 6) is -0.881. The van der Waals surface area contributed by atoms with Crippen molar-refractivity contribution in [1.82, 2.24) is 10.3 Å². The van der Waals surface area contributed by atoms with E-state index in [1.54, 1.807) is 31.4 Å². The minimum absolute atomic E-state index is 0.0585. The van der Waals surface area contributed by atoms with Crippen LogP contribution in [0.25, 0.3) is 10.9 Å². The molecule has 0 aliphatic rings. The van der Waals surface area contributed by atoms with Crippen molar-refractivity contribution in [3.05, 3.63) is 64.8 Å². The molecule has 0 unspecified atom stereocenters. The molecule has 0 aliphatic heterocycles. The lowest BCUT2D eigenvalue weighted by molar-refractivity contribution is -0.143. The van der Waals surface area contributed by atoms with E-state index in [0.29, 0.717) is 16.8 Å². The zero-order valence-electron chi connectivity index (χ0n) is 16.2. The van der Waals surface area contributed by atoms with Gasteiger partial charge in [-0.05, 0) is 36.4 Å². The predicted octanol–water partition coefficient (Wildman–Crippen LogP) is 3.97. The van der Waals surface area contributed by atoms with Gasteiger partial charge in [0, 0.05) is 22.6 Å². The fraction of sp³-hybridized carbons (Fsp3) is 0.190. The third-order valence-corrected chi connectivity index (χ3v) is 4.48. The second-order valence-corrected chi connectivity index (χ2v) is 6.60. The summed E-state index contributed by atoms with van der Waals surface area (Å²) >= 11 is 6.16. The van der Waals surface area contributed by atoms with Crippen molar-refractivity contribution in [2.24, 2.45) is 0 Å². The van der Waals surface area contributed by atoms with E-state index < -0.39 is 25.0 Å². The van der Waals surface area contributed by atoms with Crippen molar-refractivity contribution in [2.45, 2.75) is 13.2 Å². The number of ether oxygens (including phenoxy) is 3. The van der Waals surface area contributed by atoms with E-state index in [1.807, 2.05) is 0 Å². The van der Waals surface area contributed by atoms with Gasteiger partial charge in [0.05, 0.1) is 12.6 Å². The number of carbonyl (C=O) groups is 2. The van der Waals surface area contributed by atoms with Gasteiger partial charge in [0.25, 0.3) is 5.91 Å². The molecule has 0 saturated carbocycles. The van der Waals surface area contributed by atoms with Crippen LogP contribution in [-0.4, -0.2) is 37.1 Å². The molecule has 162 valence electrons. The summed E-state index contributed by atoms with van der Waals surface area (Å²) in [5.41, 5.74) is 1.18. The first kappa shape index (κ1) is 22.2. The minimum atomic E-state index is -3.01. The number of methoxy groups -OCH3 is 1. The molecule has 2 aromatic carbocycles. The Labute approximate surface area is 180 Å². The maximum atomic E-state index is 12.3. The molecule has 0 atom stereocenters. The Bertz CT molecular complexity index is 1110. The van der Waals surface area contributed by atoms with Crippen LogP contribution in [0.5, 0.6) is 11.5 Å². The van der Waals surface area contributed by atoms with Gasteiger partial charge in [0.1, 0.15) is 29.8 Å². The van der Waals surface area contributed by atoms with Gasteiger partial charge in [-0.25, -0.2) is 4.98 Å². The third-order valence-electron chi connectivity index (χ3n) is 4.15. The van der Waals surface area contributed by atoms with Crippen molar-refractivity contribution in [1.29, 1.82) is 0 Å². The highest BCUT2D eigenvalue weighted by Crippen LogP contribution is 2.24. The average molecular weight is 451 g/mol. The number of pyridine rings is 1. The molecule has 1 heterocycles. The predicted molar refractivity (Wildman–Crippen MR) is 109 cm³/mol. The summed E-state index contributed by atoms with van der Waals surface area (Å²) in [5, 5.41) is 3.32. The van der Waals surface area contributed by atoms with Crippen LogP contribution in [0.3, 0.4) is 0 Å². The van der Waals surface area contributed by atoms with E-state index in [2.05, 4.69) is 15.0 Å². The first-order valence-corrected chi connectivity index (χ1v) is 9.35. The molecule has 0 bridgehead atoms. The van der Waals surface area contributed by atoms with Gasteiger partial charge in [0.2, 0.25) is 0 Å². The van der Waals surface area contributed by atoms with Crippen molar-refractivity contribution < 1.29 is 32.6 Å². The highest BCUT2D eigenvalue weighted by atomic mass is 35.5. The summed E-state index contributed by atoms with van der Waals surface area (Å²) in [4.78, 5) is 28.4. The minimum Gasteiger partial charge on any atom is -0.497 e. The molecule has 0 saturated heterocycles. The quantitative estimate of drug-likeness (QED) is 0.413. The lowest BCUT2D eigenvalue weighted by atomic mass is 10.1. The first-order chi connectivity index (χ1) is 14.9. The fourth-order valence-corrected chi connectivity index (χ4v) is 2.87. The van der Waals surface area contributed by atoms with Gasteiger partial charge >= 0.3 is 12.6 Å². The molecule has 10 heteroatoms. The Morgan fingerprint density at radius 3 is 2.68 bits per heavy atom. The lowest BCUT2D eigenvalue weighted by Gasteiger charge is -2.10. The zero-order valence-corrected chi connectivity index (χ0v) is 17.0. The number of esters is 1. The van der Waals surface area contributed by atoms with Crippen LogP contribution in [0.2, 0.25) is 5.15 Å². The number of alkyl halides is 2. The Hall–Kier alpha value is -3.46. The van der Waals surface area contributed by atoms with Crippen LogP contribution in [-0.2, 0) is 16.1 Å². The molecule has 0 aliphatic carbocycles. The molecular formula is C21H17ClF2N2O5. The molecule has 0 spiro atoms. The van der Waals surface area contributed by atoms with Gasteiger partial charge in [-0.15, -0.1) is 0 Å². The molecular weight excluding hydrogens is 434 g/mol. The number of carbonyl (C=O) groups excluding carboxylic acids is 2. The number of halogens is 3. The monoisotopic (exact) mass is 450 g/mol. The van der Waals surface area contributed by atoms with Gasteiger partial charge in [-0.3, -0.25) is 9.59 Å². The molecule has 1 N–H and O–H groups in total. The smallest absolute Gasteiger partial charge is 0.387 e. The summed E-state index contributed by atoms with van der Waals surface area (Å²) < 4.78 is 39.1. The van der Waals surface area contributed by atoms with Crippen LogP contribution in [0.15, 0.2) is 48.5 Å². The molecule has 1 amide bonds. The van der Waals surface area contributed by atoms with Crippen molar-refractivity contribution in [3.63, 3.8) is 0 Å². The van der Waals surface area contributed by atoms with E-state index in [1.165, 1.54) is 18.2 Å². The van der Waals surface area contributed by atoms with E-state index in [4.69, 9.17) is 21.1 Å². The van der Waals surface area contributed by atoms with Gasteiger partial charge in [0.15, 0.2) is 0 Å². The summed E-state index contributed by atoms with van der Waals surface area (Å²) in [7, 11) is 1.54. The zero-order chi connectivity index (χ0) is 22.4. The maximum absolute atomic E-state index is 12.3. The lowest BCUT2D eigenvalue weighted by Crippen LogP contribution is -2.30. The van der Waals surface area contributed by atoms with Crippen LogP contribution >= 0.6 is 11.6 Å². The van der Waals surface area contributed by atoms with Crippen LogP contribution in [0, 0.1) is 0 Å². The fourth-order valence-electron chi connectivity index (χ4n) is 2.67. The average Bonchev–Trinajstić information content (AvgIpc) is 2.75. The molecule has 1 aromatic heterocycles. The van der Waals surface area contributed by atoms with Crippen LogP contribution in [0.1, 0.15) is 15.9 Å². The standard InChI is InChI=1S/C21H17ClF2N2O5/c1-29-15-6-5-12-7-14(19(22)26-17(12)9-15)11-30-18(27)10-25-20(28)13-3-2-4-16(8-13)31-21(23)24/h2-9,21H,10-11H2,1H3,(H,25,28). The van der Waals surface area contributed by atoms with Gasteiger partial charge in [-0.1, -0.05) is 17.7 Å².